The highest BCUT2D eigenvalue weighted by Crippen LogP contribution is 2.25. The number of hydrogen-bond acceptors (Lipinski definition) is 2. The molecular formula is C14H11BrF2N2O. The number of benzene rings is 2. The molecular weight excluding hydrogens is 330 g/mol. The first-order chi connectivity index (χ1) is 9.41. The monoisotopic (exact) mass is 340 g/mol. The zero-order valence-corrected chi connectivity index (χ0v) is 12.1. The molecule has 0 heterocycles. The molecule has 6 heteroatoms. The molecule has 20 heavy (non-hydrogen) atoms. The number of hydrogen-bond donors (Lipinski definition) is 2. The van der Waals surface area contributed by atoms with E-state index in [4.69, 9.17) is 5.73 Å². The molecule has 1 amide bonds. The van der Waals surface area contributed by atoms with Crippen molar-refractivity contribution in [3.63, 3.8) is 0 Å². The van der Waals surface area contributed by atoms with E-state index in [9.17, 15) is 13.6 Å². The second kappa shape index (κ2) is 5.58. The van der Waals surface area contributed by atoms with Gasteiger partial charge in [-0.1, -0.05) is 22.0 Å². The number of halogens is 3. The number of amides is 1. The lowest BCUT2D eigenvalue weighted by atomic mass is 10.1. The van der Waals surface area contributed by atoms with Gasteiger partial charge in [-0.2, -0.15) is 0 Å². The molecule has 2 aromatic carbocycles. The van der Waals surface area contributed by atoms with Gasteiger partial charge >= 0.3 is 0 Å². The average molecular weight is 341 g/mol. The smallest absolute Gasteiger partial charge is 0.261 e. The minimum absolute atomic E-state index is 0.275. The van der Waals surface area contributed by atoms with Crippen LogP contribution in [0.25, 0.3) is 0 Å². The molecule has 3 N–H and O–H groups in total. The molecule has 0 radical (unpaired) electrons. The Morgan fingerprint density at radius 1 is 1.25 bits per heavy atom. The van der Waals surface area contributed by atoms with Gasteiger partial charge in [-0.25, -0.2) is 8.78 Å². The van der Waals surface area contributed by atoms with Crippen LogP contribution in [-0.4, -0.2) is 5.91 Å². The molecule has 0 fully saturated rings. The third-order valence-electron chi connectivity index (χ3n) is 2.86. The van der Waals surface area contributed by atoms with Gasteiger partial charge in [-0.15, -0.1) is 0 Å². The fraction of sp³-hybridized carbons (Fsp3) is 0.0714. The van der Waals surface area contributed by atoms with Crippen molar-refractivity contribution in [1.82, 2.24) is 0 Å². The molecule has 2 rings (SSSR count). The molecule has 0 aromatic heterocycles. The third-order valence-corrected chi connectivity index (χ3v) is 3.72. The van der Waals surface area contributed by atoms with Crippen LogP contribution in [0.15, 0.2) is 34.8 Å². The predicted molar refractivity (Wildman–Crippen MR) is 77.6 cm³/mol. The van der Waals surface area contributed by atoms with Crippen molar-refractivity contribution in [2.24, 2.45) is 0 Å². The Bertz CT molecular complexity index is 689. The molecule has 2 aromatic rings. The highest BCUT2D eigenvalue weighted by Gasteiger charge is 2.20. The second-order valence-electron chi connectivity index (χ2n) is 4.19. The van der Waals surface area contributed by atoms with Gasteiger partial charge in [0.2, 0.25) is 0 Å². The van der Waals surface area contributed by atoms with Crippen LogP contribution >= 0.6 is 15.9 Å². The van der Waals surface area contributed by atoms with Gasteiger partial charge in [0.1, 0.15) is 11.4 Å². The number of rotatable bonds is 2. The lowest BCUT2D eigenvalue weighted by molar-refractivity contribution is 0.101. The second-order valence-corrected chi connectivity index (χ2v) is 5.05. The quantitative estimate of drug-likeness (QED) is 0.815. The van der Waals surface area contributed by atoms with E-state index >= 15 is 0 Å². The summed E-state index contributed by atoms with van der Waals surface area (Å²) in [6.07, 6.45) is 0. The van der Waals surface area contributed by atoms with Gasteiger partial charge in [0, 0.05) is 10.2 Å². The van der Waals surface area contributed by atoms with Gasteiger partial charge in [0.25, 0.3) is 5.91 Å². The van der Waals surface area contributed by atoms with Crippen LogP contribution in [0.3, 0.4) is 0 Å². The lowest BCUT2D eigenvalue weighted by Gasteiger charge is -2.11. The van der Waals surface area contributed by atoms with Gasteiger partial charge in [0.15, 0.2) is 5.82 Å². The van der Waals surface area contributed by atoms with Gasteiger partial charge in [-0.3, -0.25) is 4.79 Å². The maximum absolute atomic E-state index is 13.8. The SMILES string of the molecule is Cc1c(Br)cccc1NC(=O)c1c(F)ccc(N)c1F. The van der Waals surface area contributed by atoms with Crippen molar-refractivity contribution < 1.29 is 13.6 Å². The highest BCUT2D eigenvalue weighted by molar-refractivity contribution is 9.10. The summed E-state index contributed by atoms with van der Waals surface area (Å²) in [5.74, 6) is -2.90. The Kier molecular flexibility index (Phi) is 4.04. The molecule has 3 nitrogen and oxygen atoms in total. The summed E-state index contributed by atoms with van der Waals surface area (Å²) in [4.78, 5) is 12.0. The fourth-order valence-corrected chi connectivity index (χ4v) is 2.07. The Labute approximate surface area is 122 Å². The molecule has 0 saturated heterocycles. The summed E-state index contributed by atoms with van der Waals surface area (Å²) < 4.78 is 28.1. The van der Waals surface area contributed by atoms with Crippen LogP contribution in [0, 0.1) is 18.6 Å². The van der Waals surface area contributed by atoms with Crippen LogP contribution in [-0.2, 0) is 0 Å². The molecule has 0 unspecified atom stereocenters. The van der Waals surface area contributed by atoms with Crippen molar-refractivity contribution in [3.8, 4) is 0 Å². The predicted octanol–water partition coefficient (Wildman–Crippen LogP) is 3.87. The normalized spacial score (nSPS) is 10.4. The maximum atomic E-state index is 13.8. The van der Waals surface area contributed by atoms with Gasteiger partial charge < -0.3 is 11.1 Å². The number of nitrogen functional groups attached to an aromatic ring is 1. The Hall–Kier alpha value is -1.95. The van der Waals surface area contributed by atoms with Crippen LogP contribution in [0.2, 0.25) is 0 Å². The zero-order valence-electron chi connectivity index (χ0n) is 10.5. The summed E-state index contributed by atoms with van der Waals surface area (Å²) in [7, 11) is 0. The number of nitrogens with one attached hydrogen (secondary N) is 1. The van der Waals surface area contributed by atoms with Crippen LogP contribution < -0.4 is 11.1 Å². The van der Waals surface area contributed by atoms with Crippen molar-refractivity contribution in [2.75, 3.05) is 11.1 Å². The van der Waals surface area contributed by atoms with Crippen LogP contribution in [0.4, 0.5) is 20.2 Å². The largest absolute Gasteiger partial charge is 0.396 e. The van der Waals surface area contributed by atoms with Crippen molar-refractivity contribution in [2.45, 2.75) is 6.92 Å². The van der Waals surface area contributed by atoms with Crippen LogP contribution in [0.5, 0.6) is 0 Å². The number of anilines is 2. The topological polar surface area (TPSA) is 55.1 Å². The van der Waals surface area contributed by atoms with E-state index in [-0.39, 0.29) is 5.69 Å². The first-order valence-electron chi connectivity index (χ1n) is 5.71. The molecule has 0 aliphatic carbocycles. The maximum Gasteiger partial charge on any atom is 0.261 e. The summed E-state index contributed by atoms with van der Waals surface area (Å²) in [6.45, 7) is 1.77. The Morgan fingerprint density at radius 3 is 2.65 bits per heavy atom. The molecule has 0 aliphatic rings. The third kappa shape index (κ3) is 2.65. The van der Waals surface area contributed by atoms with E-state index in [0.29, 0.717) is 5.69 Å². The van der Waals surface area contributed by atoms with E-state index in [1.807, 2.05) is 0 Å². The van der Waals surface area contributed by atoms with Crippen molar-refractivity contribution >= 4 is 33.2 Å². The lowest BCUT2D eigenvalue weighted by Crippen LogP contribution is -2.17. The zero-order chi connectivity index (χ0) is 14.9. The van der Waals surface area contributed by atoms with Crippen molar-refractivity contribution in [1.29, 1.82) is 0 Å². The molecule has 104 valence electrons. The first kappa shape index (κ1) is 14.5. The fourth-order valence-electron chi connectivity index (χ4n) is 1.70. The number of carbonyl (C=O) groups is 1. The minimum atomic E-state index is -1.06. The van der Waals surface area contributed by atoms with Gasteiger partial charge in [0.05, 0.1) is 5.69 Å². The molecule has 0 saturated carbocycles. The van der Waals surface area contributed by atoms with E-state index < -0.39 is 23.1 Å². The summed E-state index contributed by atoms with van der Waals surface area (Å²) >= 11 is 3.31. The molecule has 0 aliphatic heterocycles. The standard InChI is InChI=1S/C14H11BrF2N2O/c1-7-8(15)3-2-4-11(7)19-14(20)12-9(16)5-6-10(18)13(12)17/h2-6H,18H2,1H3,(H,19,20). The molecule has 0 spiro atoms. The van der Waals surface area contributed by atoms with E-state index in [1.165, 1.54) is 0 Å². The molecule has 0 atom stereocenters. The highest BCUT2D eigenvalue weighted by atomic mass is 79.9. The van der Waals surface area contributed by atoms with Crippen molar-refractivity contribution in [3.05, 3.63) is 57.6 Å². The van der Waals surface area contributed by atoms with Gasteiger partial charge in [-0.05, 0) is 36.8 Å². The summed E-state index contributed by atoms with van der Waals surface area (Å²) in [5.41, 5.74) is 5.60. The molecule has 0 bridgehead atoms. The van der Waals surface area contributed by atoms with E-state index in [2.05, 4.69) is 21.2 Å². The Balaban J connectivity index is 2.39. The summed E-state index contributed by atoms with van der Waals surface area (Å²) in [6, 6.07) is 7.18. The summed E-state index contributed by atoms with van der Waals surface area (Å²) in [5, 5.41) is 2.47. The minimum Gasteiger partial charge on any atom is -0.396 e. The van der Waals surface area contributed by atoms with E-state index in [1.54, 1.807) is 25.1 Å². The number of nitrogens with two attached hydrogens (primary N) is 1. The average Bonchev–Trinajstić information content (AvgIpc) is 2.40. The van der Waals surface area contributed by atoms with E-state index in [0.717, 1.165) is 22.2 Å². The number of carbonyl (C=O) groups excluding carboxylic acids is 1. The first-order valence-corrected chi connectivity index (χ1v) is 6.51. The Morgan fingerprint density at radius 2 is 1.95 bits per heavy atom. The van der Waals surface area contributed by atoms with Crippen LogP contribution in [0.1, 0.15) is 15.9 Å².